The summed E-state index contributed by atoms with van der Waals surface area (Å²) in [5, 5.41) is 0. The van der Waals surface area contributed by atoms with Crippen LogP contribution in [0, 0.1) is 0 Å². The second-order valence-electron chi connectivity index (χ2n) is 4.12. The molecule has 2 heteroatoms. The lowest BCUT2D eigenvalue weighted by atomic mass is 10.1. The van der Waals surface area contributed by atoms with Crippen LogP contribution >= 0.6 is 0 Å². The molecule has 0 aromatic carbocycles. The third kappa shape index (κ3) is 4.82. The van der Waals surface area contributed by atoms with Crippen molar-refractivity contribution in [2.24, 2.45) is 0 Å². The minimum atomic E-state index is -0.249. The summed E-state index contributed by atoms with van der Waals surface area (Å²) in [5.74, 6) is -0.249. The largest absolute Gasteiger partial charge is 0.466 e. The molecule has 84 valence electrons. The monoisotopic (exact) mass is 208 g/mol. The van der Waals surface area contributed by atoms with Crippen molar-refractivity contribution >= 4 is 5.97 Å². The molecule has 0 heterocycles. The van der Waals surface area contributed by atoms with Gasteiger partial charge in [0, 0.05) is 6.08 Å². The number of rotatable bonds is 4. The van der Waals surface area contributed by atoms with Crippen molar-refractivity contribution in [3.8, 4) is 0 Å². The number of allylic oxidation sites excluding steroid dienone is 3. The van der Waals surface area contributed by atoms with Gasteiger partial charge in [-0.1, -0.05) is 17.2 Å². The first kappa shape index (κ1) is 12.0. The van der Waals surface area contributed by atoms with Crippen LogP contribution in [0.2, 0.25) is 0 Å². The molecular weight excluding hydrogens is 188 g/mol. The molecule has 15 heavy (non-hydrogen) atoms. The molecule has 0 unspecified atom stereocenters. The third-order valence-electron chi connectivity index (χ3n) is 2.78. The highest BCUT2D eigenvalue weighted by atomic mass is 16.5. The molecule has 0 N–H and O–H groups in total. The van der Waals surface area contributed by atoms with Gasteiger partial charge in [-0.05, 0) is 45.4 Å². The molecule has 1 saturated carbocycles. The van der Waals surface area contributed by atoms with Crippen LogP contribution in [0.3, 0.4) is 0 Å². The van der Waals surface area contributed by atoms with Crippen LogP contribution in [0.25, 0.3) is 0 Å². The molecule has 1 rings (SSSR count). The maximum absolute atomic E-state index is 10.9. The van der Waals surface area contributed by atoms with E-state index in [-0.39, 0.29) is 5.97 Å². The van der Waals surface area contributed by atoms with Gasteiger partial charge in [0.15, 0.2) is 0 Å². The molecule has 2 nitrogen and oxygen atoms in total. The van der Waals surface area contributed by atoms with Gasteiger partial charge in [0.25, 0.3) is 0 Å². The predicted molar refractivity (Wildman–Crippen MR) is 61.6 cm³/mol. The van der Waals surface area contributed by atoms with Gasteiger partial charge in [-0.2, -0.15) is 0 Å². The third-order valence-corrected chi connectivity index (χ3v) is 2.78. The van der Waals surface area contributed by atoms with Gasteiger partial charge in [0.1, 0.15) is 0 Å². The molecule has 0 radical (unpaired) electrons. The van der Waals surface area contributed by atoms with E-state index in [2.05, 4.69) is 10.8 Å². The molecule has 1 aliphatic carbocycles. The van der Waals surface area contributed by atoms with Crippen molar-refractivity contribution in [3.63, 3.8) is 0 Å². The highest BCUT2D eigenvalue weighted by Crippen LogP contribution is 2.24. The number of carbonyl (C=O) groups is 1. The quantitative estimate of drug-likeness (QED) is 0.402. The fourth-order valence-corrected chi connectivity index (χ4v) is 1.87. The standard InChI is InChI=1S/C13H20O2/c1-11(10-13(14)15-2)6-5-9-12-7-3-4-8-12/h9-10H,3-8H2,1-2H3. The van der Waals surface area contributed by atoms with Crippen molar-refractivity contribution in [2.45, 2.75) is 45.4 Å². The molecule has 1 fully saturated rings. The van der Waals surface area contributed by atoms with E-state index in [1.165, 1.54) is 32.8 Å². The van der Waals surface area contributed by atoms with Crippen molar-refractivity contribution in [2.75, 3.05) is 7.11 Å². The van der Waals surface area contributed by atoms with Crippen LogP contribution in [0.15, 0.2) is 23.3 Å². The zero-order valence-electron chi connectivity index (χ0n) is 9.71. The van der Waals surface area contributed by atoms with Gasteiger partial charge in [-0.25, -0.2) is 4.79 Å². The van der Waals surface area contributed by atoms with E-state index >= 15 is 0 Å². The fourth-order valence-electron chi connectivity index (χ4n) is 1.87. The van der Waals surface area contributed by atoms with Gasteiger partial charge < -0.3 is 4.74 Å². The Labute approximate surface area is 92.0 Å². The second-order valence-corrected chi connectivity index (χ2v) is 4.12. The molecule has 0 saturated heterocycles. The molecule has 0 aromatic heterocycles. The Bertz CT molecular complexity index is 266. The van der Waals surface area contributed by atoms with E-state index in [9.17, 15) is 4.79 Å². The van der Waals surface area contributed by atoms with Crippen molar-refractivity contribution in [1.82, 2.24) is 0 Å². The van der Waals surface area contributed by atoms with Crippen LogP contribution in [-0.2, 0) is 9.53 Å². The number of methoxy groups -OCH3 is 1. The Kier molecular flexibility index (Phi) is 5.16. The summed E-state index contributed by atoms with van der Waals surface area (Å²) >= 11 is 0. The van der Waals surface area contributed by atoms with E-state index in [0.717, 1.165) is 18.4 Å². The Morgan fingerprint density at radius 1 is 1.40 bits per heavy atom. The Balaban J connectivity index is 2.27. The van der Waals surface area contributed by atoms with Crippen LogP contribution in [-0.4, -0.2) is 13.1 Å². The van der Waals surface area contributed by atoms with Gasteiger partial charge in [-0.3, -0.25) is 0 Å². The summed E-state index contributed by atoms with van der Waals surface area (Å²) in [6, 6.07) is 0. The number of carbonyl (C=O) groups excluding carboxylic acids is 1. The lowest BCUT2D eigenvalue weighted by molar-refractivity contribution is -0.134. The van der Waals surface area contributed by atoms with Crippen LogP contribution < -0.4 is 0 Å². The van der Waals surface area contributed by atoms with Crippen molar-refractivity contribution in [3.05, 3.63) is 23.3 Å². The Morgan fingerprint density at radius 3 is 2.67 bits per heavy atom. The van der Waals surface area contributed by atoms with Crippen LogP contribution in [0.4, 0.5) is 0 Å². The Morgan fingerprint density at radius 2 is 2.07 bits per heavy atom. The molecule has 1 aliphatic rings. The van der Waals surface area contributed by atoms with E-state index < -0.39 is 0 Å². The zero-order valence-corrected chi connectivity index (χ0v) is 9.71. The topological polar surface area (TPSA) is 26.3 Å². The normalized spacial score (nSPS) is 16.7. The molecular formula is C13H20O2. The predicted octanol–water partition coefficient (Wildman–Crippen LogP) is 3.39. The van der Waals surface area contributed by atoms with E-state index in [1.54, 1.807) is 11.6 Å². The maximum Gasteiger partial charge on any atom is 0.330 e. The molecule has 0 amide bonds. The van der Waals surface area contributed by atoms with Gasteiger partial charge in [0.05, 0.1) is 7.11 Å². The second kappa shape index (κ2) is 6.44. The molecule has 0 spiro atoms. The minimum Gasteiger partial charge on any atom is -0.466 e. The molecule has 0 aliphatic heterocycles. The first-order valence-corrected chi connectivity index (χ1v) is 5.65. The van der Waals surface area contributed by atoms with E-state index in [4.69, 9.17) is 0 Å². The molecule has 0 aromatic rings. The smallest absolute Gasteiger partial charge is 0.330 e. The van der Waals surface area contributed by atoms with Gasteiger partial charge in [-0.15, -0.1) is 0 Å². The summed E-state index contributed by atoms with van der Waals surface area (Å²) in [4.78, 5) is 10.9. The lowest BCUT2D eigenvalue weighted by Gasteiger charge is -1.99. The first-order valence-electron chi connectivity index (χ1n) is 5.65. The number of hydrogen-bond acceptors (Lipinski definition) is 2. The zero-order chi connectivity index (χ0) is 11.1. The van der Waals surface area contributed by atoms with Crippen molar-refractivity contribution < 1.29 is 9.53 Å². The SMILES string of the molecule is COC(=O)C=C(C)CCC=C1CCCC1. The fraction of sp³-hybridized carbons (Fsp3) is 0.615. The number of hydrogen-bond donors (Lipinski definition) is 0. The highest BCUT2D eigenvalue weighted by Gasteiger charge is 2.05. The Hall–Kier alpha value is -1.05. The first-order chi connectivity index (χ1) is 7.22. The number of esters is 1. The average molecular weight is 208 g/mol. The maximum atomic E-state index is 10.9. The van der Waals surface area contributed by atoms with Crippen molar-refractivity contribution in [1.29, 1.82) is 0 Å². The number of ether oxygens (including phenoxy) is 1. The van der Waals surface area contributed by atoms with Crippen LogP contribution in [0.1, 0.15) is 45.4 Å². The van der Waals surface area contributed by atoms with Gasteiger partial charge in [0.2, 0.25) is 0 Å². The lowest BCUT2D eigenvalue weighted by Crippen LogP contribution is -1.95. The summed E-state index contributed by atoms with van der Waals surface area (Å²) in [6.07, 6.45) is 11.2. The van der Waals surface area contributed by atoms with Crippen LogP contribution in [0.5, 0.6) is 0 Å². The highest BCUT2D eigenvalue weighted by molar-refractivity contribution is 5.82. The van der Waals surface area contributed by atoms with Gasteiger partial charge >= 0.3 is 5.97 Å². The molecule has 0 atom stereocenters. The average Bonchev–Trinajstić information content (AvgIpc) is 2.70. The summed E-state index contributed by atoms with van der Waals surface area (Å²) in [6.45, 7) is 1.98. The summed E-state index contributed by atoms with van der Waals surface area (Å²) in [7, 11) is 1.41. The molecule has 0 bridgehead atoms. The minimum absolute atomic E-state index is 0.249. The van der Waals surface area contributed by atoms with E-state index in [0.29, 0.717) is 0 Å². The van der Waals surface area contributed by atoms with E-state index in [1.807, 2.05) is 6.92 Å². The summed E-state index contributed by atoms with van der Waals surface area (Å²) in [5.41, 5.74) is 2.69. The summed E-state index contributed by atoms with van der Waals surface area (Å²) < 4.78 is 4.57.